The highest BCUT2D eigenvalue weighted by atomic mass is 19.1. The molecule has 0 radical (unpaired) electrons. The Morgan fingerprint density at radius 1 is 1.88 bits per heavy atom. The van der Waals surface area contributed by atoms with Crippen molar-refractivity contribution in [3.8, 4) is 6.07 Å². The van der Waals surface area contributed by atoms with Crippen molar-refractivity contribution in [2.75, 3.05) is 6.61 Å². The second-order valence-corrected chi connectivity index (χ2v) is 1.59. The lowest BCUT2D eigenvalue weighted by Crippen LogP contribution is -2.23. The highest BCUT2D eigenvalue weighted by Crippen LogP contribution is 2.11. The summed E-state index contributed by atoms with van der Waals surface area (Å²) in [5.74, 6) is 0. The second-order valence-electron chi connectivity index (χ2n) is 1.59. The molecule has 0 heterocycles. The Hall–Kier alpha value is -0.620. The summed E-state index contributed by atoms with van der Waals surface area (Å²) >= 11 is 0. The van der Waals surface area contributed by atoms with Crippen LogP contribution in [0.3, 0.4) is 0 Å². The van der Waals surface area contributed by atoms with Crippen molar-refractivity contribution in [1.82, 2.24) is 0 Å². The first kappa shape index (κ1) is 7.38. The molecule has 0 spiro atoms. The summed E-state index contributed by atoms with van der Waals surface area (Å²) in [6.07, 6.45) is 0.0417. The summed E-state index contributed by atoms with van der Waals surface area (Å²) in [5, 5.41) is 16.2. The number of nitrogens with zero attached hydrogens (tertiary/aromatic N) is 1. The minimum absolute atomic E-state index is 0.0417. The van der Waals surface area contributed by atoms with E-state index in [-0.39, 0.29) is 6.42 Å². The van der Waals surface area contributed by atoms with E-state index in [9.17, 15) is 4.39 Å². The fourth-order valence-corrected chi connectivity index (χ4v) is 0.226. The van der Waals surface area contributed by atoms with E-state index < -0.39 is 12.3 Å². The van der Waals surface area contributed by atoms with Crippen LogP contribution in [0.4, 0.5) is 4.39 Å². The van der Waals surface area contributed by atoms with Crippen molar-refractivity contribution in [1.29, 1.82) is 5.26 Å². The van der Waals surface area contributed by atoms with Crippen molar-refractivity contribution < 1.29 is 9.50 Å². The van der Waals surface area contributed by atoms with E-state index in [2.05, 4.69) is 0 Å². The average molecular weight is 117 g/mol. The molecule has 0 unspecified atom stereocenters. The summed E-state index contributed by atoms with van der Waals surface area (Å²) in [6, 6.07) is 1.36. The van der Waals surface area contributed by atoms with Crippen molar-refractivity contribution in [2.45, 2.75) is 19.0 Å². The van der Waals surface area contributed by atoms with Gasteiger partial charge in [0.2, 0.25) is 5.67 Å². The maximum atomic E-state index is 12.4. The third kappa shape index (κ3) is 1.47. The van der Waals surface area contributed by atoms with Crippen LogP contribution in [-0.2, 0) is 0 Å². The SMILES string of the molecule is CC[C@@](F)(C#N)CO. The zero-order valence-corrected chi connectivity index (χ0v) is 4.69. The minimum atomic E-state index is -2.01. The molecule has 0 saturated carbocycles. The summed E-state index contributed by atoms with van der Waals surface area (Å²) < 4.78 is 12.4. The molecular weight excluding hydrogens is 109 g/mol. The Balaban J connectivity index is 3.83. The predicted molar refractivity (Wildman–Crippen MR) is 26.8 cm³/mol. The Kier molecular flexibility index (Phi) is 2.43. The lowest BCUT2D eigenvalue weighted by molar-refractivity contribution is 0.117. The zero-order valence-electron chi connectivity index (χ0n) is 4.69. The third-order valence-corrected chi connectivity index (χ3v) is 1.01. The molecule has 0 saturated heterocycles. The predicted octanol–water partition coefficient (Wildman–Crippen LogP) is 0.621. The highest BCUT2D eigenvalue weighted by molar-refractivity contribution is 4.98. The molecule has 2 nitrogen and oxygen atoms in total. The van der Waals surface area contributed by atoms with Gasteiger partial charge < -0.3 is 5.11 Å². The fourth-order valence-electron chi connectivity index (χ4n) is 0.226. The van der Waals surface area contributed by atoms with Gasteiger partial charge in [-0.3, -0.25) is 0 Å². The van der Waals surface area contributed by atoms with E-state index in [0.29, 0.717) is 0 Å². The number of hydrogen-bond donors (Lipinski definition) is 1. The van der Waals surface area contributed by atoms with Gasteiger partial charge in [-0.05, 0) is 6.42 Å². The number of hydrogen-bond acceptors (Lipinski definition) is 2. The van der Waals surface area contributed by atoms with Gasteiger partial charge in [-0.1, -0.05) is 6.92 Å². The largest absolute Gasteiger partial charge is 0.392 e. The highest BCUT2D eigenvalue weighted by Gasteiger charge is 2.24. The third-order valence-electron chi connectivity index (χ3n) is 1.01. The average Bonchev–Trinajstić information content (AvgIpc) is 1.87. The van der Waals surface area contributed by atoms with E-state index in [0.717, 1.165) is 0 Å². The van der Waals surface area contributed by atoms with Crippen molar-refractivity contribution in [3.05, 3.63) is 0 Å². The summed E-state index contributed by atoms with van der Waals surface area (Å²) in [4.78, 5) is 0. The Morgan fingerprint density at radius 3 is 2.38 bits per heavy atom. The summed E-state index contributed by atoms with van der Waals surface area (Å²) in [7, 11) is 0. The van der Waals surface area contributed by atoms with Gasteiger partial charge in [-0.25, -0.2) is 4.39 Å². The van der Waals surface area contributed by atoms with E-state index in [4.69, 9.17) is 10.4 Å². The van der Waals surface area contributed by atoms with E-state index in [1.165, 1.54) is 13.0 Å². The standard InChI is InChI=1S/C5H8FNO/c1-2-5(6,3-7)4-8/h8H,2,4H2,1H3/t5-/m1/s1. The van der Waals surface area contributed by atoms with E-state index in [1.54, 1.807) is 0 Å². The van der Waals surface area contributed by atoms with Gasteiger partial charge in [0, 0.05) is 0 Å². The molecular formula is C5H8FNO. The van der Waals surface area contributed by atoms with E-state index >= 15 is 0 Å². The molecule has 0 aliphatic carbocycles. The Morgan fingerprint density at radius 2 is 2.38 bits per heavy atom. The zero-order chi connectivity index (χ0) is 6.62. The second kappa shape index (κ2) is 2.63. The molecule has 0 rings (SSSR count). The Bertz CT molecular complexity index is 103. The van der Waals surface area contributed by atoms with Crippen molar-refractivity contribution >= 4 is 0 Å². The van der Waals surface area contributed by atoms with Crippen molar-refractivity contribution in [2.24, 2.45) is 0 Å². The smallest absolute Gasteiger partial charge is 0.218 e. The fraction of sp³-hybridized carbons (Fsp3) is 0.800. The molecule has 0 bridgehead atoms. The van der Waals surface area contributed by atoms with Gasteiger partial charge in [0.15, 0.2) is 0 Å². The first-order valence-electron chi connectivity index (χ1n) is 2.39. The molecule has 46 valence electrons. The lowest BCUT2D eigenvalue weighted by atomic mass is 10.1. The lowest BCUT2D eigenvalue weighted by Gasteiger charge is -2.08. The van der Waals surface area contributed by atoms with Crippen LogP contribution in [0.2, 0.25) is 0 Å². The van der Waals surface area contributed by atoms with E-state index in [1.807, 2.05) is 0 Å². The first-order chi connectivity index (χ1) is 3.68. The molecule has 0 aromatic heterocycles. The molecule has 0 aromatic rings. The van der Waals surface area contributed by atoms with Crippen LogP contribution in [-0.4, -0.2) is 17.4 Å². The maximum absolute atomic E-state index is 12.4. The van der Waals surface area contributed by atoms with Gasteiger partial charge in [-0.15, -0.1) is 0 Å². The summed E-state index contributed by atoms with van der Waals surface area (Å²) in [5.41, 5.74) is -2.01. The molecule has 0 aliphatic heterocycles. The number of rotatable bonds is 2. The number of aliphatic hydroxyl groups excluding tert-OH is 1. The van der Waals surface area contributed by atoms with Crippen LogP contribution in [0.15, 0.2) is 0 Å². The van der Waals surface area contributed by atoms with Crippen LogP contribution in [0.5, 0.6) is 0 Å². The monoisotopic (exact) mass is 117 g/mol. The van der Waals surface area contributed by atoms with Crippen LogP contribution in [0.1, 0.15) is 13.3 Å². The molecule has 0 aliphatic rings. The molecule has 0 aromatic carbocycles. The van der Waals surface area contributed by atoms with Crippen LogP contribution in [0, 0.1) is 11.3 Å². The van der Waals surface area contributed by atoms with Crippen LogP contribution in [0.25, 0.3) is 0 Å². The van der Waals surface area contributed by atoms with Crippen LogP contribution >= 0.6 is 0 Å². The van der Waals surface area contributed by atoms with Gasteiger partial charge >= 0.3 is 0 Å². The minimum Gasteiger partial charge on any atom is -0.392 e. The van der Waals surface area contributed by atoms with Gasteiger partial charge in [0.25, 0.3) is 0 Å². The van der Waals surface area contributed by atoms with Gasteiger partial charge in [0.1, 0.15) is 6.07 Å². The van der Waals surface area contributed by atoms with Gasteiger partial charge in [0.05, 0.1) is 6.61 Å². The quantitative estimate of drug-likeness (QED) is 0.576. The summed E-state index contributed by atoms with van der Waals surface area (Å²) in [6.45, 7) is 0.805. The normalized spacial score (nSPS) is 16.8. The first-order valence-corrected chi connectivity index (χ1v) is 2.39. The molecule has 3 heteroatoms. The number of alkyl halides is 1. The topological polar surface area (TPSA) is 44.0 Å². The molecule has 0 amide bonds. The van der Waals surface area contributed by atoms with Crippen LogP contribution < -0.4 is 0 Å². The molecule has 1 N–H and O–H groups in total. The molecule has 8 heavy (non-hydrogen) atoms. The number of nitriles is 1. The molecule has 0 fully saturated rings. The molecule has 1 atom stereocenters. The maximum Gasteiger partial charge on any atom is 0.218 e. The Labute approximate surface area is 47.6 Å². The number of halogens is 1. The van der Waals surface area contributed by atoms with Crippen molar-refractivity contribution in [3.63, 3.8) is 0 Å². The van der Waals surface area contributed by atoms with Gasteiger partial charge in [-0.2, -0.15) is 5.26 Å². The number of aliphatic hydroxyl groups is 1.